The summed E-state index contributed by atoms with van der Waals surface area (Å²) in [6.07, 6.45) is -1.32. The molecule has 0 fully saturated rings. The van der Waals surface area contributed by atoms with Gasteiger partial charge in [-0.3, -0.25) is 4.98 Å². The number of ether oxygens (including phenoxy) is 1. The van der Waals surface area contributed by atoms with E-state index in [4.69, 9.17) is 4.74 Å². The highest BCUT2D eigenvalue weighted by molar-refractivity contribution is 9.10. The number of alkyl halides is 4. The molecule has 0 atom stereocenters. The number of aromatic nitrogens is 1. The molecule has 0 N–H and O–H groups in total. The summed E-state index contributed by atoms with van der Waals surface area (Å²) in [5.41, 5.74) is 0.447. The maximum atomic E-state index is 13.0. The average Bonchev–Trinajstić information content (AvgIpc) is 2.44. The summed E-state index contributed by atoms with van der Waals surface area (Å²) in [6, 6.07) is 5.76. The Balaban J connectivity index is 2.23. The lowest BCUT2D eigenvalue weighted by Crippen LogP contribution is -2.09. The van der Waals surface area contributed by atoms with Gasteiger partial charge in [0, 0.05) is 27.8 Å². The summed E-state index contributed by atoms with van der Waals surface area (Å²) in [7, 11) is 0. The van der Waals surface area contributed by atoms with Gasteiger partial charge in [0.25, 0.3) is 0 Å². The Morgan fingerprint density at radius 2 is 1.86 bits per heavy atom. The van der Waals surface area contributed by atoms with E-state index in [2.05, 4.69) is 36.8 Å². The van der Waals surface area contributed by atoms with Gasteiger partial charge in [0.15, 0.2) is 0 Å². The maximum Gasteiger partial charge on any atom is 0.419 e. The number of benzene rings is 1. The quantitative estimate of drug-likeness (QED) is 0.618. The second-order valence-corrected chi connectivity index (χ2v) is 5.74. The van der Waals surface area contributed by atoms with Crippen LogP contribution in [0.5, 0.6) is 5.75 Å². The third kappa shape index (κ3) is 4.44. The zero-order valence-corrected chi connectivity index (χ0v) is 13.8. The Morgan fingerprint density at radius 1 is 1.10 bits per heavy atom. The molecule has 1 heterocycles. The zero-order valence-electron chi connectivity index (χ0n) is 10.6. The van der Waals surface area contributed by atoms with Crippen LogP contribution in [0.2, 0.25) is 0 Å². The van der Waals surface area contributed by atoms with Crippen LogP contribution >= 0.6 is 31.9 Å². The van der Waals surface area contributed by atoms with Crippen molar-refractivity contribution >= 4 is 31.9 Å². The lowest BCUT2D eigenvalue weighted by molar-refractivity contribution is -0.139. The molecule has 0 unspecified atom stereocenters. The Hall–Kier alpha value is -1.08. The lowest BCUT2D eigenvalue weighted by Gasteiger charge is -2.15. The average molecular weight is 425 g/mol. The predicted octanol–water partition coefficient (Wildman–Crippen LogP) is 5.34. The fourth-order valence-corrected chi connectivity index (χ4v) is 2.46. The molecular formula is C14H10Br2F3NO. The molecule has 0 aliphatic carbocycles. The van der Waals surface area contributed by atoms with Crippen molar-refractivity contribution in [2.24, 2.45) is 0 Å². The fourth-order valence-electron chi connectivity index (χ4n) is 1.70. The molecule has 2 aromatic rings. The van der Waals surface area contributed by atoms with Crippen LogP contribution in [0, 0.1) is 0 Å². The minimum atomic E-state index is -4.46. The van der Waals surface area contributed by atoms with Crippen LogP contribution < -0.4 is 4.74 Å². The van der Waals surface area contributed by atoms with E-state index in [1.165, 1.54) is 6.07 Å². The summed E-state index contributed by atoms with van der Waals surface area (Å²) in [5, 5.41) is 0.353. The number of halogens is 5. The summed E-state index contributed by atoms with van der Waals surface area (Å²) >= 11 is 6.40. The van der Waals surface area contributed by atoms with Gasteiger partial charge in [0.2, 0.25) is 0 Å². The monoisotopic (exact) mass is 423 g/mol. The van der Waals surface area contributed by atoms with Crippen molar-refractivity contribution in [1.82, 2.24) is 4.98 Å². The number of nitrogens with zero attached hydrogens (tertiary/aromatic N) is 1. The molecule has 1 aromatic heterocycles. The number of pyridine rings is 1. The molecule has 112 valence electrons. The van der Waals surface area contributed by atoms with Crippen LogP contribution in [0.15, 0.2) is 41.1 Å². The molecule has 0 saturated heterocycles. The summed E-state index contributed by atoms with van der Waals surface area (Å²) in [5.74, 6) is -0.188. The molecule has 0 aliphatic rings. The molecule has 0 aliphatic heterocycles. The van der Waals surface area contributed by atoms with Gasteiger partial charge in [-0.2, -0.15) is 13.2 Å². The Labute approximate surface area is 136 Å². The highest BCUT2D eigenvalue weighted by Gasteiger charge is 2.34. The van der Waals surface area contributed by atoms with E-state index in [1.54, 1.807) is 24.5 Å². The van der Waals surface area contributed by atoms with E-state index >= 15 is 0 Å². The first kappa shape index (κ1) is 16.3. The van der Waals surface area contributed by atoms with E-state index < -0.39 is 11.7 Å². The molecule has 0 saturated carbocycles. The van der Waals surface area contributed by atoms with Gasteiger partial charge in [0.1, 0.15) is 12.4 Å². The topological polar surface area (TPSA) is 22.1 Å². The highest BCUT2D eigenvalue weighted by Crippen LogP contribution is 2.37. The second kappa shape index (κ2) is 6.79. The summed E-state index contributed by atoms with van der Waals surface area (Å²) in [4.78, 5) is 3.94. The van der Waals surface area contributed by atoms with Crippen molar-refractivity contribution in [2.75, 3.05) is 0 Å². The molecule has 21 heavy (non-hydrogen) atoms. The molecule has 0 amide bonds. The standard InChI is InChI=1S/C14H10Br2F3NO/c15-5-9-1-2-13(12(4-9)14(17,18)19)21-8-10-3-11(16)7-20-6-10/h1-4,6-7H,5,8H2. The van der Waals surface area contributed by atoms with Crippen LogP contribution in [-0.2, 0) is 18.1 Å². The molecule has 1 aromatic carbocycles. The van der Waals surface area contributed by atoms with Crippen molar-refractivity contribution in [3.63, 3.8) is 0 Å². The number of hydrogen-bond donors (Lipinski definition) is 0. The SMILES string of the molecule is FC(F)(F)c1cc(CBr)ccc1OCc1cncc(Br)c1. The van der Waals surface area contributed by atoms with Crippen LogP contribution in [0.3, 0.4) is 0 Å². The van der Waals surface area contributed by atoms with E-state index in [-0.39, 0.29) is 12.4 Å². The Kier molecular flexibility index (Phi) is 5.27. The van der Waals surface area contributed by atoms with Gasteiger partial charge in [-0.05, 0) is 39.7 Å². The number of rotatable bonds is 4. The van der Waals surface area contributed by atoms with Crippen LogP contribution in [-0.4, -0.2) is 4.98 Å². The second-order valence-electron chi connectivity index (χ2n) is 4.26. The van der Waals surface area contributed by atoms with E-state index in [9.17, 15) is 13.2 Å². The highest BCUT2D eigenvalue weighted by atomic mass is 79.9. The Morgan fingerprint density at radius 3 is 2.48 bits per heavy atom. The van der Waals surface area contributed by atoms with Crippen LogP contribution in [0.25, 0.3) is 0 Å². The molecule has 0 bridgehead atoms. The number of hydrogen-bond acceptors (Lipinski definition) is 2. The third-order valence-corrected chi connectivity index (χ3v) is 3.74. The molecule has 7 heteroatoms. The van der Waals surface area contributed by atoms with E-state index in [1.807, 2.05) is 0 Å². The maximum absolute atomic E-state index is 13.0. The minimum absolute atomic E-state index is 0.0170. The van der Waals surface area contributed by atoms with Crippen LogP contribution in [0.4, 0.5) is 13.2 Å². The van der Waals surface area contributed by atoms with Crippen LogP contribution in [0.1, 0.15) is 16.7 Å². The zero-order chi connectivity index (χ0) is 15.5. The molecule has 2 rings (SSSR count). The van der Waals surface area contributed by atoms with Crippen molar-refractivity contribution in [2.45, 2.75) is 18.1 Å². The van der Waals surface area contributed by atoms with Gasteiger partial charge in [-0.25, -0.2) is 0 Å². The molecule has 0 spiro atoms. The van der Waals surface area contributed by atoms with Crippen molar-refractivity contribution in [3.8, 4) is 5.75 Å². The normalized spacial score (nSPS) is 11.5. The van der Waals surface area contributed by atoms with Crippen molar-refractivity contribution < 1.29 is 17.9 Å². The van der Waals surface area contributed by atoms with Gasteiger partial charge < -0.3 is 4.74 Å². The van der Waals surface area contributed by atoms with Gasteiger partial charge in [0.05, 0.1) is 5.56 Å². The van der Waals surface area contributed by atoms with Gasteiger partial charge in [-0.15, -0.1) is 0 Å². The first-order valence-corrected chi connectivity index (χ1v) is 7.80. The van der Waals surface area contributed by atoms with E-state index in [0.29, 0.717) is 16.5 Å². The molecular weight excluding hydrogens is 415 g/mol. The summed E-state index contributed by atoms with van der Waals surface area (Å²) in [6.45, 7) is 0.0170. The summed E-state index contributed by atoms with van der Waals surface area (Å²) < 4.78 is 45.2. The Bertz CT molecular complexity index is 632. The first-order valence-electron chi connectivity index (χ1n) is 5.88. The van der Waals surface area contributed by atoms with Crippen molar-refractivity contribution in [1.29, 1.82) is 0 Å². The van der Waals surface area contributed by atoms with Gasteiger partial charge >= 0.3 is 6.18 Å². The molecule has 0 radical (unpaired) electrons. The van der Waals surface area contributed by atoms with Crippen molar-refractivity contribution in [3.05, 3.63) is 57.8 Å². The smallest absolute Gasteiger partial charge is 0.419 e. The third-order valence-electron chi connectivity index (χ3n) is 2.66. The fraction of sp³-hybridized carbons (Fsp3) is 0.214. The largest absolute Gasteiger partial charge is 0.488 e. The first-order chi connectivity index (χ1) is 9.90. The van der Waals surface area contributed by atoms with Gasteiger partial charge in [-0.1, -0.05) is 22.0 Å². The lowest BCUT2D eigenvalue weighted by atomic mass is 10.1. The van der Waals surface area contributed by atoms with E-state index in [0.717, 1.165) is 10.5 Å². The predicted molar refractivity (Wildman–Crippen MR) is 80.3 cm³/mol. The molecule has 2 nitrogen and oxygen atoms in total. The minimum Gasteiger partial charge on any atom is -0.488 e.